The molecule has 0 aromatic heterocycles. The summed E-state index contributed by atoms with van der Waals surface area (Å²) in [5, 5.41) is 11.6. The third kappa shape index (κ3) is 5.86. The van der Waals surface area contributed by atoms with Crippen molar-refractivity contribution in [1.29, 1.82) is 0 Å². The van der Waals surface area contributed by atoms with Crippen molar-refractivity contribution in [2.24, 2.45) is 0 Å². The predicted molar refractivity (Wildman–Crippen MR) is 162 cm³/mol. The number of methoxy groups -OCH3 is 1. The minimum atomic E-state index is -0.854. The topological polar surface area (TPSA) is 85.3 Å². The van der Waals surface area contributed by atoms with Gasteiger partial charge in [-0.1, -0.05) is 49.4 Å². The number of aliphatic hydroxyl groups excluding tert-OH is 1. The maximum Gasteiger partial charge on any atom is 0.300 e. The number of rotatable bonds is 10. The van der Waals surface area contributed by atoms with Crippen molar-refractivity contribution >= 4 is 23.1 Å². The first-order valence-electron chi connectivity index (χ1n) is 13.9. The maximum absolute atomic E-state index is 13.5. The van der Waals surface area contributed by atoms with E-state index in [-0.39, 0.29) is 11.3 Å². The second-order valence-electron chi connectivity index (χ2n) is 10.0. The van der Waals surface area contributed by atoms with E-state index in [0.717, 1.165) is 17.5 Å². The fourth-order valence-electron chi connectivity index (χ4n) is 4.97. The molecule has 1 atom stereocenters. The Labute approximate surface area is 245 Å². The van der Waals surface area contributed by atoms with Crippen LogP contribution in [0.2, 0.25) is 0 Å². The van der Waals surface area contributed by atoms with Gasteiger partial charge in [-0.3, -0.25) is 14.5 Å². The van der Waals surface area contributed by atoms with Gasteiger partial charge in [-0.05, 0) is 84.6 Å². The van der Waals surface area contributed by atoms with Crippen LogP contribution in [-0.2, 0) is 16.2 Å². The Morgan fingerprint density at radius 2 is 1.55 bits per heavy atom. The lowest BCUT2D eigenvalue weighted by molar-refractivity contribution is -0.132. The van der Waals surface area contributed by atoms with Crippen LogP contribution >= 0.6 is 0 Å². The van der Waals surface area contributed by atoms with Crippen LogP contribution in [0.5, 0.6) is 17.2 Å². The first-order chi connectivity index (χ1) is 20.4. The largest absolute Gasteiger partial charge is 0.507 e. The SMILES string of the molecule is CCCOc1ccc(C2/C(=C(/O)c3ccc(OCc4ccccc4)c(C)c3)C(=O)C(=O)N2c2ccc(OC)cc2)cc1. The number of aryl methyl sites for hydroxylation is 1. The minimum Gasteiger partial charge on any atom is -0.507 e. The molecule has 1 aliphatic rings. The van der Waals surface area contributed by atoms with Crippen LogP contribution in [0.15, 0.2) is 103 Å². The number of carbonyl (C=O) groups excluding carboxylic acids is 2. The summed E-state index contributed by atoms with van der Waals surface area (Å²) >= 11 is 0. The van der Waals surface area contributed by atoms with Crippen LogP contribution in [0.25, 0.3) is 5.76 Å². The lowest BCUT2D eigenvalue weighted by atomic mass is 9.94. The van der Waals surface area contributed by atoms with E-state index in [1.54, 1.807) is 49.6 Å². The van der Waals surface area contributed by atoms with Gasteiger partial charge in [-0.25, -0.2) is 0 Å². The predicted octanol–water partition coefficient (Wildman–Crippen LogP) is 7.00. The van der Waals surface area contributed by atoms with Gasteiger partial charge >= 0.3 is 0 Å². The van der Waals surface area contributed by atoms with Gasteiger partial charge in [0.05, 0.1) is 25.3 Å². The number of aliphatic hydroxyl groups is 1. The number of ketones is 1. The van der Waals surface area contributed by atoms with E-state index in [4.69, 9.17) is 14.2 Å². The summed E-state index contributed by atoms with van der Waals surface area (Å²) in [7, 11) is 1.56. The molecule has 4 aromatic carbocycles. The molecule has 5 rings (SSSR count). The van der Waals surface area contributed by atoms with Crippen molar-refractivity contribution in [2.45, 2.75) is 32.9 Å². The highest BCUT2D eigenvalue weighted by molar-refractivity contribution is 6.51. The Morgan fingerprint density at radius 1 is 0.857 bits per heavy atom. The Hall–Kier alpha value is -5.04. The average molecular weight is 564 g/mol. The molecule has 1 fully saturated rings. The molecule has 0 radical (unpaired) electrons. The summed E-state index contributed by atoms with van der Waals surface area (Å²) in [5.41, 5.74) is 3.42. The standard InChI is InChI=1S/C35H33NO6/c1-4-20-41-29-15-10-25(11-16-29)32-31(34(38)35(39)36(32)27-13-17-28(40-3)18-14-27)33(37)26-12-19-30(23(2)21-26)42-22-24-8-6-5-7-9-24/h5-19,21,32,37H,4,20,22H2,1-3H3/b33-31-. The maximum atomic E-state index is 13.5. The third-order valence-corrected chi connectivity index (χ3v) is 7.15. The molecule has 1 aliphatic heterocycles. The fraction of sp³-hybridized carbons (Fsp3) is 0.200. The quantitative estimate of drug-likeness (QED) is 0.127. The highest BCUT2D eigenvalue weighted by Crippen LogP contribution is 2.43. The molecule has 7 nitrogen and oxygen atoms in total. The molecule has 214 valence electrons. The van der Waals surface area contributed by atoms with Gasteiger partial charge in [0.1, 0.15) is 29.6 Å². The average Bonchev–Trinajstić information content (AvgIpc) is 3.29. The van der Waals surface area contributed by atoms with E-state index in [1.165, 1.54) is 4.90 Å². The summed E-state index contributed by atoms with van der Waals surface area (Å²) in [5.74, 6) is 0.226. The Morgan fingerprint density at radius 3 is 2.19 bits per heavy atom. The van der Waals surface area contributed by atoms with E-state index in [2.05, 4.69) is 0 Å². The monoisotopic (exact) mass is 563 g/mol. The van der Waals surface area contributed by atoms with Crippen LogP contribution in [0, 0.1) is 6.92 Å². The van der Waals surface area contributed by atoms with Crippen LogP contribution in [0.1, 0.15) is 41.6 Å². The van der Waals surface area contributed by atoms with Gasteiger partial charge in [0, 0.05) is 11.3 Å². The van der Waals surface area contributed by atoms with Crippen molar-refractivity contribution in [3.63, 3.8) is 0 Å². The number of benzene rings is 4. The van der Waals surface area contributed by atoms with Crippen molar-refractivity contribution in [3.8, 4) is 17.2 Å². The lowest BCUT2D eigenvalue weighted by Crippen LogP contribution is -2.29. The van der Waals surface area contributed by atoms with E-state index >= 15 is 0 Å². The summed E-state index contributed by atoms with van der Waals surface area (Å²) in [6.45, 7) is 4.88. The van der Waals surface area contributed by atoms with Gasteiger partial charge < -0.3 is 19.3 Å². The van der Waals surface area contributed by atoms with Gasteiger partial charge in [0.2, 0.25) is 0 Å². The molecule has 0 spiro atoms. The van der Waals surface area contributed by atoms with Crippen molar-refractivity contribution in [3.05, 3.63) is 125 Å². The normalized spacial score (nSPS) is 16.0. The molecule has 1 N–H and O–H groups in total. The fourth-order valence-corrected chi connectivity index (χ4v) is 4.97. The molecule has 0 bridgehead atoms. The zero-order chi connectivity index (χ0) is 29.6. The Kier molecular flexibility index (Phi) is 8.58. The Balaban J connectivity index is 1.54. The second-order valence-corrected chi connectivity index (χ2v) is 10.0. The number of nitrogens with zero attached hydrogens (tertiary/aromatic N) is 1. The van der Waals surface area contributed by atoms with Crippen LogP contribution in [0.3, 0.4) is 0 Å². The van der Waals surface area contributed by atoms with Crippen molar-refractivity contribution < 1.29 is 28.9 Å². The first-order valence-corrected chi connectivity index (χ1v) is 13.9. The lowest BCUT2D eigenvalue weighted by Gasteiger charge is -2.26. The number of hydrogen-bond acceptors (Lipinski definition) is 6. The van der Waals surface area contributed by atoms with Crippen LogP contribution < -0.4 is 19.1 Å². The zero-order valence-corrected chi connectivity index (χ0v) is 23.9. The number of amides is 1. The molecule has 42 heavy (non-hydrogen) atoms. The first kappa shape index (κ1) is 28.5. The molecule has 4 aromatic rings. The third-order valence-electron chi connectivity index (χ3n) is 7.15. The molecule has 0 aliphatic carbocycles. The van der Waals surface area contributed by atoms with Crippen molar-refractivity contribution in [1.82, 2.24) is 0 Å². The van der Waals surface area contributed by atoms with E-state index < -0.39 is 17.7 Å². The zero-order valence-electron chi connectivity index (χ0n) is 23.9. The number of ether oxygens (including phenoxy) is 3. The molecule has 1 unspecified atom stereocenters. The minimum absolute atomic E-state index is 0.00963. The Bertz CT molecular complexity index is 1590. The van der Waals surface area contributed by atoms with Crippen LogP contribution in [-0.4, -0.2) is 30.5 Å². The highest BCUT2D eigenvalue weighted by atomic mass is 16.5. The number of hydrogen-bond donors (Lipinski definition) is 1. The van der Waals surface area contributed by atoms with Crippen LogP contribution in [0.4, 0.5) is 5.69 Å². The van der Waals surface area contributed by atoms with Gasteiger partial charge in [0.25, 0.3) is 11.7 Å². The van der Waals surface area contributed by atoms with E-state index in [9.17, 15) is 14.7 Å². The van der Waals surface area contributed by atoms with Gasteiger partial charge in [-0.15, -0.1) is 0 Å². The summed E-state index contributed by atoms with van der Waals surface area (Å²) in [6.07, 6.45) is 0.870. The molecule has 1 amide bonds. The van der Waals surface area contributed by atoms with E-state index in [0.29, 0.717) is 47.3 Å². The smallest absolute Gasteiger partial charge is 0.300 e. The highest BCUT2D eigenvalue weighted by Gasteiger charge is 2.47. The molecule has 1 heterocycles. The number of anilines is 1. The molecular weight excluding hydrogens is 530 g/mol. The number of carbonyl (C=O) groups is 2. The summed E-state index contributed by atoms with van der Waals surface area (Å²) < 4.78 is 17.0. The van der Waals surface area contributed by atoms with Gasteiger partial charge in [0.15, 0.2) is 0 Å². The summed E-state index contributed by atoms with van der Waals surface area (Å²) in [6, 6.07) is 28.3. The molecule has 0 saturated carbocycles. The number of Topliss-reactive ketones (excluding diaryl/α,β-unsaturated/α-hetero) is 1. The summed E-state index contributed by atoms with van der Waals surface area (Å²) in [4.78, 5) is 28.5. The molecule has 1 saturated heterocycles. The second kappa shape index (κ2) is 12.6. The van der Waals surface area contributed by atoms with Crippen molar-refractivity contribution in [2.75, 3.05) is 18.6 Å². The van der Waals surface area contributed by atoms with Gasteiger partial charge in [-0.2, -0.15) is 0 Å². The van der Waals surface area contributed by atoms with E-state index in [1.807, 2.05) is 68.4 Å². The molecular formula is C35H33NO6. The molecule has 7 heteroatoms.